The van der Waals surface area contributed by atoms with Gasteiger partial charge in [0.25, 0.3) is 0 Å². The van der Waals surface area contributed by atoms with Gasteiger partial charge < -0.3 is 14.3 Å². The lowest BCUT2D eigenvalue weighted by molar-refractivity contribution is -0.134. The molecule has 2 aromatic heterocycles. The van der Waals surface area contributed by atoms with Crippen LogP contribution >= 0.6 is 0 Å². The first-order valence-electron chi connectivity index (χ1n) is 11.0. The number of aromatic nitrogens is 3. The predicted octanol–water partition coefficient (Wildman–Crippen LogP) is 2.55. The molecule has 7 nitrogen and oxygen atoms in total. The summed E-state index contributed by atoms with van der Waals surface area (Å²) in [5.41, 5.74) is 4.76. The molecule has 1 saturated carbocycles. The van der Waals surface area contributed by atoms with Gasteiger partial charge in [0.1, 0.15) is 17.9 Å². The van der Waals surface area contributed by atoms with Gasteiger partial charge >= 0.3 is 0 Å². The van der Waals surface area contributed by atoms with Crippen LogP contribution in [0.4, 0.5) is 5.82 Å². The van der Waals surface area contributed by atoms with E-state index >= 15 is 0 Å². The van der Waals surface area contributed by atoms with Crippen LogP contribution in [0.25, 0.3) is 0 Å². The van der Waals surface area contributed by atoms with Crippen molar-refractivity contribution in [3.63, 3.8) is 0 Å². The molecule has 152 valence electrons. The van der Waals surface area contributed by atoms with Crippen molar-refractivity contribution in [2.75, 3.05) is 24.5 Å². The fraction of sp³-hybridized carbons (Fsp3) is 0.636. The zero-order valence-corrected chi connectivity index (χ0v) is 17.0. The Morgan fingerprint density at radius 3 is 2.97 bits per heavy atom. The first-order valence-corrected chi connectivity index (χ1v) is 11.0. The van der Waals surface area contributed by atoms with Crippen LogP contribution in [0.2, 0.25) is 0 Å². The van der Waals surface area contributed by atoms with Gasteiger partial charge in [-0.25, -0.2) is 9.97 Å². The van der Waals surface area contributed by atoms with Gasteiger partial charge in [-0.2, -0.15) is 0 Å². The molecule has 1 atom stereocenters. The molecule has 7 heteroatoms. The monoisotopic (exact) mass is 393 g/mol. The van der Waals surface area contributed by atoms with Gasteiger partial charge in [-0.05, 0) is 45.4 Å². The Morgan fingerprint density at radius 2 is 2.10 bits per heavy atom. The van der Waals surface area contributed by atoms with E-state index in [1.807, 2.05) is 6.92 Å². The Bertz CT molecular complexity index is 982. The minimum Gasteiger partial charge on any atom is -0.364 e. The van der Waals surface area contributed by atoms with E-state index in [0.717, 1.165) is 94.0 Å². The van der Waals surface area contributed by atoms with Gasteiger partial charge in [0.05, 0.1) is 11.4 Å². The van der Waals surface area contributed by atoms with Crippen LogP contribution in [0.1, 0.15) is 60.4 Å². The normalized spacial score (nSPS) is 26.0. The lowest BCUT2D eigenvalue weighted by Gasteiger charge is -2.41. The number of aryl methyl sites for hydroxylation is 1. The van der Waals surface area contributed by atoms with E-state index in [1.165, 1.54) is 11.3 Å². The van der Waals surface area contributed by atoms with E-state index in [1.54, 1.807) is 6.26 Å². The molecule has 1 saturated heterocycles. The van der Waals surface area contributed by atoms with Crippen molar-refractivity contribution in [1.29, 1.82) is 0 Å². The maximum Gasteiger partial charge on any atom is 0.225 e. The van der Waals surface area contributed by atoms with Gasteiger partial charge in [-0.1, -0.05) is 5.16 Å². The summed E-state index contributed by atoms with van der Waals surface area (Å²) in [7, 11) is 0. The average molecular weight is 393 g/mol. The fourth-order valence-corrected chi connectivity index (χ4v) is 5.62. The minimum absolute atomic E-state index is 0.0126. The molecular formula is C22H27N5O2. The minimum atomic E-state index is 0.0126. The Hall–Kier alpha value is -2.44. The summed E-state index contributed by atoms with van der Waals surface area (Å²) in [4.78, 5) is 27.1. The second-order valence-corrected chi connectivity index (χ2v) is 9.30. The molecule has 0 bridgehead atoms. The lowest BCUT2D eigenvalue weighted by atomic mass is 9.77. The summed E-state index contributed by atoms with van der Waals surface area (Å²) in [6.45, 7) is 5.44. The summed E-state index contributed by atoms with van der Waals surface area (Å²) in [5, 5.41) is 4.12. The molecule has 2 aliphatic heterocycles. The molecule has 2 aromatic rings. The summed E-state index contributed by atoms with van der Waals surface area (Å²) in [6, 6.07) is 0. The maximum atomic E-state index is 12.8. The van der Waals surface area contributed by atoms with E-state index in [4.69, 9.17) is 14.5 Å². The molecular weight excluding hydrogens is 366 g/mol. The summed E-state index contributed by atoms with van der Waals surface area (Å²) < 4.78 is 5.17. The molecule has 1 amide bonds. The number of nitrogens with zero attached hydrogens (tertiary/aromatic N) is 5. The molecule has 2 fully saturated rings. The molecule has 4 heterocycles. The Morgan fingerprint density at radius 1 is 1.21 bits per heavy atom. The van der Waals surface area contributed by atoms with Crippen LogP contribution in [-0.2, 0) is 29.6 Å². The first-order chi connectivity index (χ1) is 14.1. The van der Waals surface area contributed by atoms with Crippen LogP contribution in [0.15, 0.2) is 10.8 Å². The van der Waals surface area contributed by atoms with Crippen LogP contribution < -0.4 is 4.90 Å². The first kappa shape index (κ1) is 17.4. The highest BCUT2D eigenvalue weighted by Crippen LogP contribution is 2.47. The average Bonchev–Trinajstić information content (AvgIpc) is 3.39. The van der Waals surface area contributed by atoms with Crippen LogP contribution in [-0.4, -0.2) is 45.6 Å². The fourth-order valence-electron chi connectivity index (χ4n) is 5.62. The van der Waals surface area contributed by atoms with E-state index in [9.17, 15) is 4.79 Å². The van der Waals surface area contributed by atoms with Gasteiger partial charge in [0.15, 0.2) is 0 Å². The van der Waals surface area contributed by atoms with Crippen LogP contribution in [0.5, 0.6) is 0 Å². The highest BCUT2D eigenvalue weighted by atomic mass is 16.5. The third-order valence-electron chi connectivity index (χ3n) is 7.28. The van der Waals surface area contributed by atoms with Crippen molar-refractivity contribution in [2.45, 2.75) is 63.8 Å². The molecule has 29 heavy (non-hydrogen) atoms. The Balaban J connectivity index is 1.35. The van der Waals surface area contributed by atoms with Gasteiger partial charge in [0.2, 0.25) is 5.91 Å². The maximum absolute atomic E-state index is 12.8. The summed E-state index contributed by atoms with van der Waals surface area (Å²) >= 11 is 0. The van der Waals surface area contributed by atoms with E-state index in [2.05, 4.69) is 15.0 Å². The predicted molar refractivity (Wildman–Crippen MR) is 107 cm³/mol. The molecule has 2 aliphatic carbocycles. The Kier molecular flexibility index (Phi) is 3.77. The molecule has 0 aromatic carbocycles. The van der Waals surface area contributed by atoms with E-state index in [0.29, 0.717) is 11.8 Å². The number of hydrogen-bond donors (Lipinski definition) is 0. The number of anilines is 1. The van der Waals surface area contributed by atoms with Crippen molar-refractivity contribution < 1.29 is 9.32 Å². The van der Waals surface area contributed by atoms with E-state index in [-0.39, 0.29) is 5.41 Å². The number of carbonyl (C=O) groups excluding carboxylic acids is 1. The number of hydrogen-bond acceptors (Lipinski definition) is 6. The molecule has 1 spiro atoms. The Labute approximate surface area is 170 Å². The number of likely N-dealkylation sites (tertiary alicyclic amines) is 1. The topological polar surface area (TPSA) is 75.4 Å². The van der Waals surface area contributed by atoms with Crippen molar-refractivity contribution in [2.24, 2.45) is 5.92 Å². The van der Waals surface area contributed by atoms with Crippen molar-refractivity contribution >= 4 is 11.7 Å². The molecule has 4 aliphatic rings. The zero-order valence-electron chi connectivity index (χ0n) is 17.0. The number of piperidine rings is 1. The second kappa shape index (κ2) is 6.28. The third kappa shape index (κ3) is 2.77. The largest absolute Gasteiger partial charge is 0.364 e. The van der Waals surface area contributed by atoms with E-state index < -0.39 is 0 Å². The smallest absolute Gasteiger partial charge is 0.225 e. The van der Waals surface area contributed by atoms with Gasteiger partial charge in [0, 0.05) is 55.1 Å². The van der Waals surface area contributed by atoms with Crippen molar-refractivity contribution in [3.8, 4) is 0 Å². The van der Waals surface area contributed by atoms with Gasteiger partial charge in [-0.3, -0.25) is 4.79 Å². The molecule has 1 unspecified atom stereocenters. The zero-order chi connectivity index (χ0) is 19.6. The van der Waals surface area contributed by atoms with Crippen molar-refractivity contribution in [1.82, 2.24) is 20.0 Å². The number of rotatable bonds is 2. The number of amides is 1. The van der Waals surface area contributed by atoms with Crippen molar-refractivity contribution in [3.05, 3.63) is 34.6 Å². The highest BCUT2D eigenvalue weighted by Gasteiger charge is 2.47. The molecule has 6 rings (SSSR count). The summed E-state index contributed by atoms with van der Waals surface area (Å²) in [6.07, 6.45) is 9.08. The quantitative estimate of drug-likeness (QED) is 0.781. The SMILES string of the molecule is Cc1nc(N2CCc3nocc3C2)c2c(n1)C1(CCCN(C(=O)C3CC3)C1)CC2. The third-order valence-corrected chi connectivity index (χ3v) is 7.28. The second-order valence-electron chi connectivity index (χ2n) is 9.30. The highest BCUT2D eigenvalue weighted by molar-refractivity contribution is 5.81. The number of fused-ring (bicyclic) bond motifs is 3. The lowest BCUT2D eigenvalue weighted by Crippen LogP contribution is -2.48. The van der Waals surface area contributed by atoms with Crippen LogP contribution in [0, 0.1) is 12.8 Å². The molecule has 0 radical (unpaired) electrons. The van der Waals surface area contributed by atoms with Crippen LogP contribution in [0.3, 0.4) is 0 Å². The summed E-state index contributed by atoms with van der Waals surface area (Å²) in [5.74, 6) is 2.59. The number of carbonyl (C=O) groups is 1. The van der Waals surface area contributed by atoms with Gasteiger partial charge in [-0.15, -0.1) is 0 Å². The molecule has 0 N–H and O–H groups in total. The standard InChI is InChI=1S/C22H27N5O2/c1-14-23-19-17(20(24-14)26-10-6-18-16(11-26)12-29-25-18)5-8-22(19)7-2-9-27(13-22)21(28)15-3-4-15/h12,15H,2-11,13H2,1H3.